The molecule has 2 aliphatic rings. The molecule has 2 bridgehead atoms. The van der Waals surface area contributed by atoms with Crippen molar-refractivity contribution in [1.29, 1.82) is 0 Å². The van der Waals surface area contributed by atoms with E-state index in [0.717, 1.165) is 11.1 Å². The fourth-order valence-corrected chi connectivity index (χ4v) is 2.68. The van der Waals surface area contributed by atoms with Crippen molar-refractivity contribution < 1.29 is 19.8 Å². The summed E-state index contributed by atoms with van der Waals surface area (Å²) in [7, 11) is 0. The molecular weight excluding hydrogens is 258 g/mol. The zero-order valence-corrected chi connectivity index (χ0v) is 10.4. The van der Waals surface area contributed by atoms with Crippen molar-refractivity contribution in [2.45, 2.75) is 12.3 Å². The van der Waals surface area contributed by atoms with Gasteiger partial charge in [-0.2, -0.15) is 0 Å². The van der Waals surface area contributed by atoms with Crippen LogP contribution in [0.5, 0.6) is 0 Å². The fraction of sp³-hybridized carbons (Fsp3) is 0.133. The average Bonchev–Trinajstić information content (AvgIpc) is 2.56. The summed E-state index contributed by atoms with van der Waals surface area (Å²) in [6, 6.07) is 7.40. The summed E-state index contributed by atoms with van der Waals surface area (Å²) in [6.07, 6.45) is 4.00. The highest BCUT2D eigenvalue weighted by molar-refractivity contribution is 6.09. The number of hydrogen-bond acceptors (Lipinski definition) is 3. The van der Waals surface area contributed by atoms with E-state index in [1.165, 1.54) is 0 Å². The maximum atomic E-state index is 11.5. The van der Waals surface area contributed by atoms with Gasteiger partial charge in [-0.05, 0) is 17.2 Å². The van der Waals surface area contributed by atoms with E-state index in [0.29, 0.717) is 12.1 Å². The number of allylic oxidation sites excluding steroid dienone is 1. The molecule has 5 heteroatoms. The van der Waals surface area contributed by atoms with Crippen LogP contribution in [0.1, 0.15) is 23.5 Å². The van der Waals surface area contributed by atoms with Crippen molar-refractivity contribution in [2.75, 3.05) is 0 Å². The molecule has 100 valence electrons. The van der Waals surface area contributed by atoms with Gasteiger partial charge in [-0.15, -0.1) is 0 Å². The van der Waals surface area contributed by atoms with Crippen molar-refractivity contribution in [3.63, 3.8) is 0 Å². The number of carbonyl (C=O) groups is 2. The van der Waals surface area contributed by atoms with Gasteiger partial charge >= 0.3 is 11.9 Å². The monoisotopic (exact) mass is 269 g/mol. The van der Waals surface area contributed by atoms with Crippen molar-refractivity contribution in [3.05, 3.63) is 52.7 Å². The number of rotatable bonds is 2. The van der Waals surface area contributed by atoms with E-state index in [1.807, 2.05) is 30.3 Å². The first kappa shape index (κ1) is 12.3. The summed E-state index contributed by atoms with van der Waals surface area (Å²) in [4.78, 5) is 26.7. The Bertz CT molecular complexity index is 712. The summed E-state index contributed by atoms with van der Waals surface area (Å²) in [5, 5.41) is 18.6. The van der Waals surface area contributed by atoms with Crippen molar-refractivity contribution in [3.8, 4) is 0 Å². The molecule has 1 atom stereocenters. The van der Waals surface area contributed by atoms with Crippen molar-refractivity contribution in [1.82, 2.24) is 0 Å². The molecule has 1 aromatic rings. The van der Waals surface area contributed by atoms with E-state index in [2.05, 4.69) is 4.99 Å². The van der Waals surface area contributed by atoms with E-state index < -0.39 is 17.9 Å². The Morgan fingerprint density at radius 2 is 1.85 bits per heavy atom. The van der Waals surface area contributed by atoms with Crippen LogP contribution < -0.4 is 0 Å². The number of fused-ring (bicyclic) bond motifs is 4. The molecule has 0 amide bonds. The van der Waals surface area contributed by atoms with Crippen LogP contribution in [0, 0.1) is 0 Å². The number of hydrogen-bond donors (Lipinski definition) is 2. The molecule has 0 radical (unpaired) electrons. The van der Waals surface area contributed by atoms with Crippen molar-refractivity contribution >= 4 is 23.7 Å². The van der Waals surface area contributed by atoms with E-state index in [-0.39, 0.29) is 11.3 Å². The van der Waals surface area contributed by atoms with Crippen LogP contribution in [-0.2, 0) is 9.59 Å². The minimum atomic E-state index is -1.31. The molecule has 0 saturated carbocycles. The number of carboxylic acids is 2. The molecule has 20 heavy (non-hydrogen) atoms. The topological polar surface area (TPSA) is 87.0 Å². The molecule has 1 heterocycles. The molecule has 0 spiro atoms. The predicted molar refractivity (Wildman–Crippen MR) is 72.6 cm³/mol. The van der Waals surface area contributed by atoms with Gasteiger partial charge < -0.3 is 10.2 Å². The third kappa shape index (κ3) is 1.84. The van der Waals surface area contributed by atoms with Gasteiger partial charge in [-0.25, -0.2) is 14.6 Å². The predicted octanol–water partition coefficient (Wildman–Crippen LogP) is 2.07. The molecule has 0 fully saturated rings. The third-order valence-corrected chi connectivity index (χ3v) is 3.53. The van der Waals surface area contributed by atoms with Crippen molar-refractivity contribution in [2.24, 2.45) is 4.99 Å². The smallest absolute Gasteiger partial charge is 0.355 e. The second-order valence-corrected chi connectivity index (χ2v) is 4.69. The second-order valence-electron chi connectivity index (χ2n) is 4.69. The van der Waals surface area contributed by atoms with Gasteiger partial charge in [0.15, 0.2) is 5.70 Å². The maximum absolute atomic E-state index is 11.5. The van der Waals surface area contributed by atoms with E-state index >= 15 is 0 Å². The van der Waals surface area contributed by atoms with Crippen LogP contribution in [0.2, 0.25) is 0 Å². The first-order chi connectivity index (χ1) is 9.58. The zero-order valence-electron chi connectivity index (χ0n) is 10.4. The fourth-order valence-electron chi connectivity index (χ4n) is 2.68. The second kappa shape index (κ2) is 4.45. The van der Waals surface area contributed by atoms with Crippen LogP contribution in [-0.4, -0.2) is 27.9 Å². The van der Waals surface area contributed by atoms with Gasteiger partial charge in [0.25, 0.3) is 0 Å². The van der Waals surface area contributed by atoms with Crippen LogP contribution in [0.3, 0.4) is 0 Å². The third-order valence-electron chi connectivity index (χ3n) is 3.53. The molecule has 1 aromatic carbocycles. The van der Waals surface area contributed by atoms with Crippen LogP contribution in [0.4, 0.5) is 0 Å². The Kier molecular flexibility index (Phi) is 2.75. The number of aliphatic carboxylic acids is 2. The molecule has 0 aromatic heterocycles. The standard InChI is InChI=1S/C15H11NO4/c17-14(18)12-11-7-9(16-13(12)15(19)20)6-5-8-3-1-2-4-10(8)11/h1-6,11H,7H2,(H,17,18)(H,19,20). The van der Waals surface area contributed by atoms with Gasteiger partial charge in [-0.1, -0.05) is 30.3 Å². The summed E-state index contributed by atoms with van der Waals surface area (Å²) in [5.41, 5.74) is 1.80. The van der Waals surface area contributed by atoms with Gasteiger partial charge in [0.2, 0.25) is 0 Å². The Morgan fingerprint density at radius 1 is 1.10 bits per heavy atom. The molecule has 5 nitrogen and oxygen atoms in total. The summed E-state index contributed by atoms with van der Waals surface area (Å²) >= 11 is 0. The number of nitrogens with zero attached hydrogens (tertiary/aromatic N) is 1. The quantitative estimate of drug-likeness (QED) is 0.860. The molecule has 1 unspecified atom stereocenters. The molecule has 3 rings (SSSR count). The lowest BCUT2D eigenvalue weighted by Crippen LogP contribution is -2.23. The first-order valence-corrected chi connectivity index (χ1v) is 6.13. The number of aliphatic imine (C=N–C) groups is 1. The summed E-state index contributed by atoms with van der Waals surface area (Å²) in [6.45, 7) is 0. The molecule has 0 saturated heterocycles. The Morgan fingerprint density at radius 3 is 2.55 bits per heavy atom. The van der Waals surface area contributed by atoms with Crippen LogP contribution >= 0.6 is 0 Å². The summed E-state index contributed by atoms with van der Waals surface area (Å²) < 4.78 is 0. The van der Waals surface area contributed by atoms with E-state index in [1.54, 1.807) is 6.08 Å². The lowest BCUT2D eigenvalue weighted by molar-refractivity contribution is -0.136. The molecule has 1 aliphatic carbocycles. The SMILES string of the molecule is O=C(O)C1=C(C(=O)O)C2CC(=N1)C=Cc1ccccc12. The number of benzene rings is 1. The van der Waals surface area contributed by atoms with Gasteiger partial charge in [-0.3, -0.25) is 0 Å². The zero-order chi connectivity index (χ0) is 14.3. The molecule has 2 N–H and O–H groups in total. The minimum Gasteiger partial charge on any atom is -0.478 e. The normalized spacial score (nSPS) is 20.0. The van der Waals surface area contributed by atoms with E-state index in [9.17, 15) is 19.8 Å². The Labute approximate surface area is 114 Å². The van der Waals surface area contributed by atoms with Gasteiger partial charge in [0.1, 0.15) is 0 Å². The van der Waals surface area contributed by atoms with Crippen LogP contribution in [0.15, 0.2) is 46.6 Å². The van der Waals surface area contributed by atoms with Gasteiger partial charge in [0.05, 0.1) is 5.57 Å². The van der Waals surface area contributed by atoms with Crippen LogP contribution in [0.25, 0.3) is 6.08 Å². The molecular formula is C15H11NO4. The highest BCUT2D eigenvalue weighted by Crippen LogP contribution is 2.38. The maximum Gasteiger partial charge on any atom is 0.355 e. The summed E-state index contributed by atoms with van der Waals surface area (Å²) in [5.74, 6) is -3.01. The Hall–Kier alpha value is -2.69. The van der Waals surface area contributed by atoms with E-state index in [4.69, 9.17) is 0 Å². The Balaban J connectivity index is 2.29. The minimum absolute atomic E-state index is 0.141. The average molecular weight is 269 g/mol. The van der Waals surface area contributed by atoms with Gasteiger partial charge in [0, 0.05) is 18.1 Å². The first-order valence-electron chi connectivity index (χ1n) is 6.13. The highest BCUT2D eigenvalue weighted by Gasteiger charge is 2.35. The molecule has 1 aliphatic heterocycles. The lowest BCUT2D eigenvalue weighted by atomic mass is 9.83. The largest absolute Gasteiger partial charge is 0.478 e. The highest BCUT2D eigenvalue weighted by atomic mass is 16.4. The number of carboxylic acid groups (broad SMARTS) is 2. The lowest BCUT2D eigenvalue weighted by Gasteiger charge is -2.23.